The minimum Gasteiger partial charge on any atom is -0.311 e. The van der Waals surface area contributed by atoms with Crippen LogP contribution in [0.5, 0.6) is 0 Å². The van der Waals surface area contributed by atoms with Crippen LogP contribution in [0.25, 0.3) is 0 Å². The zero-order chi connectivity index (χ0) is 18.6. The summed E-state index contributed by atoms with van der Waals surface area (Å²) in [6, 6.07) is 12.1. The van der Waals surface area contributed by atoms with Crippen molar-refractivity contribution in [3.05, 3.63) is 58.6 Å². The van der Waals surface area contributed by atoms with Gasteiger partial charge < -0.3 is 4.90 Å². The van der Waals surface area contributed by atoms with Gasteiger partial charge in [0.15, 0.2) is 0 Å². The van der Waals surface area contributed by atoms with Crippen LogP contribution in [0.2, 0.25) is 5.02 Å². The van der Waals surface area contributed by atoms with Crippen LogP contribution < -0.4 is 9.62 Å². The predicted molar refractivity (Wildman–Crippen MR) is 101 cm³/mol. The summed E-state index contributed by atoms with van der Waals surface area (Å²) in [6.45, 7) is 5.41. The zero-order valence-corrected chi connectivity index (χ0v) is 16.0. The van der Waals surface area contributed by atoms with Crippen molar-refractivity contribution in [2.75, 3.05) is 18.0 Å². The molecule has 0 aromatic heterocycles. The van der Waals surface area contributed by atoms with Gasteiger partial charge in [-0.25, -0.2) is 13.1 Å². The Bertz CT molecular complexity index is 882. The standard InChI is InChI=1S/C18H21ClN2O3S/c1-13-7-8-18(14(2)11-13)25(23,24)20-9-10-21(15(3)22)17-6-4-5-16(19)12-17/h4-8,11-12,20H,9-10H2,1-3H3. The maximum absolute atomic E-state index is 12.5. The maximum Gasteiger partial charge on any atom is 0.240 e. The molecular weight excluding hydrogens is 360 g/mol. The molecular formula is C18H21ClN2O3S. The summed E-state index contributed by atoms with van der Waals surface area (Å²) in [5.41, 5.74) is 2.32. The normalized spacial score (nSPS) is 11.4. The van der Waals surface area contributed by atoms with Crippen LogP contribution in [0.1, 0.15) is 18.1 Å². The summed E-state index contributed by atoms with van der Waals surface area (Å²) >= 11 is 5.96. The highest BCUT2D eigenvalue weighted by Crippen LogP contribution is 2.20. The summed E-state index contributed by atoms with van der Waals surface area (Å²) in [4.78, 5) is 13.6. The Hall–Kier alpha value is -1.89. The fourth-order valence-corrected chi connectivity index (χ4v) is 4.01. The molecule has 7 heteroatoms. The molecule has 0 unspecified atom stereocenters. The first kappa shape index (κ1) is 19.4. The van der Waals surface area contributed by atoms with Crippen molar-refractivity contribution in [1.29, 1.82) is 0 Å². The molecule has 25 heavy (non-hydrogen) atoms. The Balaban J connectivity index is 2.10. The predicted octanol–water partition coefficient (Wildman–Crippen LogP) is 3.29. The van der Waals surface area contributed by atoms with Crippen LogP contribution in [0.3, 0.4) is 0 Å². The van der Waals surface area contributed by atoms with Gasteiger partial charge >= 0.3 is 0 Å². The Kier molecular flexibility index (Phi) is 6.21. The topological polar surface area (TPSA) is 66.5 Å². The number of hydrogen-bond acceptors (Lipinski definition) is 3. The Morgan fingerprint density at radius 2 is 1.88 bits per heavy atom. The Morgan fingerprint density at radius 3 is 2.48 bits per heavy atom. The van der Waals surface area contributed by atoms with Crippen molar-refractivity contribution in [2.24, 2.45) is 0 Å². The van der Waals surface area contributed by atoms with E-state index in [1.165, 1.54) is 11.8 Å². The number of nitrogens with zero attached hydrogens (tertiary/aromatic N) is 1. The van der Waals surface area contributed by atoms with Crippen LogP contribution in [-0.4, -0.2) is 27.4 Å². The SMILES string of the molecule is CC(=O)N(CCNS(=O)(=O)c1ccc(C)cc1C)c1cccc(Cl)c1. The molecule has 0 aliphatic heterocycles. The smallest absolute Gasteiger partial charge is 0.240 e. The summed E-state index contributed by atoms with van der Waals surface area (Å²) in [5, 5.41) is 0.514. The molecule has 134 valence electrons. The minimum absolute atomic E-state index is 0.0990. The third kappa shape index (κ3) is 5.04. The Labute approximate surface area is 153 Å². The summed E-state index contributed by atoms with van der Waals surface area (Å²) in [6.07, 6.45) is 0. The van der Waals surface area contributed by atoms with Gasteiger partial charge in [-0.3, -0.25) is 4.79 Å². The van der Waals surface area contributed by atoms with Crippen molar-refractivity contribution in [2.45, 2.75) is 25.7 Å². The molecule has 2 rings (SSSR count). The van der Waals surface area contributed by atoms with Crippen LogP contribution in [0.15, 0.2) is 47.4 Å². The highest BCUT2D eigenvalue weighted by molar-refractivity contribution is 7.89. The maximum atomic E-state index is 12.5. The van der Waals surface area contributed by atoms with E-state index in [9.17, 15) is 13.2 Å². The molecule has 5 nitrogen and oxygen atoms in total. The molecule has 2 aromatic carbocycles. The molecule has 0 aliphatic rings. The number of rotatable bonds is 6. The van der Waals surface area contributed by atoms with Crippen molar-refractivity contribution < 1.29 is 13.2 Å². The summed E-state index contributed by atoms with van der Waals surface area (Å²) < 4.78 is 27.5. The molecule has 0 bridgehead atoms. The number of anilines is 1. The number of carbonyl (C=O) groups is 1. The number of carbonyl (C=O) groups excluding carboxylic acids is 1. The molecule has 0 saturated carbocycles. The average molecular weight is 381 g/mol. The molecule has 0 aliphatic carbocycles. The number of aryl methyl sites for hydroxylation is 2. The van der Waals surface area contributed by atoms with Crippen LogP contribution >= 0.6 is 11.6 Å². The zero-order valence-electron chi connectivity index (χ0n) is 14.4. The Morgan fingerprint density at radius 1 is 1.16 bits per heavy atom. The van der Waals surface area contributed by atoms with Crippen molar-refractivity contribution in [1.82, 2.24) is 4.72 Å². The lowest BCUT2D eigenvalue weighted by atomic mass is 10.2. The largest absolute Gasteiger partial charge is 0.311 e. The highest BCUT2D eigenvalue weighted by atomic mass is 35.5. The van der Waals surface area contributed by atoms with Crippen molar-refractivity contribution >= 4 is 33.2 Å². The van der Waals surface area contributed by atoms with Crippen LogP contribution in [0, 0.1) is 13.8 Å². The van der Waals surface area contributed by atoms with Gasteiger partial charge in [0.2, 0.25) is 15.9 Å². The van der Waals surface area contributed by atoms with Gasteiger partial charge in [0.05, 0.1) is 4.90 Å². The molecule has 0 fully saturated rings. The van der Waals surface area contributed by atoms with E-state index in [1.54, 1.807) is 43.3 Å². The second-order valence-corrected chi connectivity index (χ2v) is 7.99. The van der Waals surface area contributed by atoms with E-state index in [2.05, 4.69) is 4.72 Å². The number of amides is 1. The van der Waals surface area contributed by atoms with Crippen molar-refractivity contribution in [3.63, 3.8) is 0 Å². The van der Waals surface area contributed by atoms with Gasteiger partial charge in [0.25, 0.3) is 0 Å². The quantitative estimate of drug-likeness (QED) is 0.836. The summed E-state index contributed by atoms with van der Waals surface area (Å²) in [7, 11) is -3.63. The highest BCUT2D eigenvalue weighted by Gasteiger charge is 2.18. The number of nitrogens with one attached hydrogen (secondary N) is 1. The summed E-state index contributed by atoms with van der Waals surface area (Å²) in [5.74, 6) is -0.187. The lowest BCUT2D eigenvalue weighted by molar-refractivity contribution is -0.116. The van der Waals surface area contributed by atoms with E-state index in [0.717, 1.165) is 5.56 Å². The lowest BCUT2D eigenvalue weighted by Crippen LogP contribution is -2.37. The fourth-order valence-electron chi connectivity index (χ4n) is 2.58. The van der Waals surface area contributed by atoms with E-state index in [0.29, 0.717) is 16.3 Å². The second kappa shape index (κ2) is 7.99. The van der Waals surface area contributed by atoms with E-state index in [1.807, 2.05) is 13.0 Å². The first-order chi connectivity index (χ1) is 11.7. The number of hydrogen-bond donors (Lipinski definition) is 1. The third-order valence-corrected chi connectivity index (χ3v) is 5.60. The van der Waals surface area contributed by atoms with Crippen molar-refractivity contribution in [3.8, 4) is 0 Å². The first-order valence-corrected chi connectivity index (χ1v) is 9.67. The van der Waals surface area contributed by atoms with Crippen LogP contribution in [0.4, 0.5) is 5.69 Å². The van der Waals surface area contributed by atoms with E-state index in [4.69, 9.17) is 11.6 Å². The molecule has 0 heterocycles. The number of halogens is 1. The molecule has 1 N–H and O–H groups in total. The van der Waals surface area contributed by atoms with E-state index in [-0.39, 0.29) is 23.9 Å². The van der Waals surface area contributed by atoms with Crippen LogP contribution in [-0.2, 0) is 14.8 Å². The lowest BCUT2D eigenvalue weighted by Gasteiger charge is -2.21. The molecule has 0 atom stereocenters. The first-order valence-electron chi connectivity index (χ1n) is 7.81. The molecule has 2 aromatic rings. The van der Waals surface area contributed by atoms with Gasteiger partial charge in [0.1, 0.15) is 0 Å². The number of benzene rings is 2. The van der Waals surface area contributed by atoms with Gasteiger partial charge in [-0.15, -0.1) is 0 Å². The molecule has 0 saturated heterocycles. The van der Waals surface area contributed by atoms with Gasteiger partial charge in [-0.2, -0.15) is 0 Å². The van der Waals surface area contributed by atoms with Gasteiger partial charge in [-0.05, 0) is 43.7 Å². The average Bonchev–Trinajstić information content (AvgIpc) is 2.50. The number of sulfonamides is 1. The fraction of sp³-hybridized carbons (Fsp3) is 0.278. The molecule has 1 amide bonds. The molecule has 0 spiro atoms. The van der Waals surface area contributed by atoms with Gasteiger partial charge in [-0.1, -0.05) is 35.4 Å². The monoisotopic (exact) mass is 380 g/mol. The minimum atomic E-state index is -3.63. The second-order valence-electron chi connectivity index (χ2n) is 5.82. The molecule has 0 radical (unpaired) electrons. The van der Waals surface area contributed by atoms with Gasteiger partial charge in [0, 0.05) is 30.7 Å². The van der Waals surface area contributed by atoms with E-state index < -0.39 is 10.0 Å². The van der Waals surface area contributed by atoms with E-state index >= 15 is 0 Å². The third-order valence-electron chi connectivity index (χ3n) is 3.75.